The number of nitrogens with one attached hydrogen (secondary N) is 1. The molecule has 2 rings (SSSR count). The van der Waals surface area contributed by atoms with Crippen molar-refractivity contribution in [2.75, 3.05) is 13.2 Å². The summed E-state index contributed by atoms with van der Waals surface area (Å²) in [5, 5.41) is 2.67. The molecule has 130 valence electrons. The van der Waals surface area contributed by atoms with Gasteiger partial charge in [0.15, 0.2) is 6.61 Å². The van der Waals surface area contributed by atoms with Gasteiger partial charge in [-0.3, -0.25) is 4.79 Å². The van der Waals surface area contributed by atoms with E-state index in [2.05, 4.69) is 20.0 Å². The van der Waals surface area contributed by atoms with Crippen molar-refractivity contribution >= 4 is 5.91 Å². The molecule has 0 saturated heterocycles. The highest BCUT2D eigenvalue weighted by atomic mass is 19.4. The Hall–Kier alpha value is -2.58. The second kappa shape index (κ2) is 7.80. The van der Waals surface area contributed by atoms with Gasteiger partial charge in [0.25, 0.3) is 5.91 Å². The Balaban J connectivity index is 1.80. The van der Waals surface area contributed by atoms with Gasteiger partial charge in [0, 0.05) is 31.5 Å². The van der Waals surface area contributed by atoms with Gasteiger partial charge in [0.05, 0.1) is 0 Å². The Morgan fingerprint density at radius 1 is 1.38 bits per heavy atom. The summed E-state index contributed by atoms with van der Waals surface area (Å²) in [6.07, 6.45) is -0.219. The van der Waals surface area contributed by atoms with Crippen LogP contribution in [0.2, 0.25) is 0 Å². The summed E-state index contributed by atoms with van der Waals surface area (Å²) in [5.74, 6) is 0.182. The van der Waals surface area contributed by atoms with Crippen molar-refractivity contribution in [1.82, 2.24) is 19.9 Å². The molecule has 0 aromatic carbocycles. The van der Waals surface area contributed by atoms with E-state index in [1.165, 1.54) is 18.2 Å². The normalized spacial score (nSPS) is 11.3. The molecule has 1 amide bonds. The van der Waals surface area contributed by atoms with Crippen LogP contribution in [0.5, 0.6) is 5.88 Å². The fourth-order valence-corrected chi connectivity index (χ4v) is 1.96. The summed E-state index contributed by atoms with van der Waals surface area (Å²) in [7, 11) is 0. The number of aryl methyl sites for hydroxylation is 2. The van der Waals surface area contributed by atoms with Gasteiger partial charge in [0.1, 0.15) is 11.5 Å². The van der Waals surface area contributed by atoms with Gasteiger partial charge in [-0.25, -0.2) is 9.97 Å². The lowest BCUT2D eigenvalue weighted by Crippen LogP contribution is -2.26. The van der Waals surface area contributed by atoms with Crippen LogP contribution in [0.1, 0.15) is 22.7 Å². The molecule has 0 fully saturated rings. The highest BCUT2D eigenvalue weighted by Crippen LogP contribution is 2.17. The SMILES string of the molecule is Cc1nccn1CCCNC(=O)c1cccc(OCC(F)(F)F)n1. The molecule has 0 saturated carbocycles. The van der Waals surface area contributed by atoms with E-state index in [0.717, 1.165) is 5.82 Å². The Labute approximate surface area is 136 Å². The number of amides is 1. The molecule has 0 radical (unpaired) electrons. The summed E-state index contributed by atoms with van der Waals surface area (Å²) in [6.45, 7) is 1.55. The lowest BCUT2D eigenvalue weighted by Gasteiger charge is -2.10. The zero-order valence-corrected chi connectivity index (χ0v) is 13.0. The van der Waals surface area contributed by atoms with E-state index >= 15 is 0 Å². The Morgan fingerprint density at radius 2 is 2.17 bits per heavy atom. The van der Waals surface area contributed by atoms with E-state index in [9.17, 15) is 18.0 Å². The maximum Gasteiger partial charge on any atom is 0.422 e. The number of hydrogen-bond donors (Lipinski definition) is 1. The van der Waals surface area contributed by atoms with Gasteiger partial charge in [-0.1, -0.05) is 6.07 Å². The van der Waals surface area contributed by atoms with Crippen molar-refractivity contribution in [2.24, 2.45) is 0 Å². The highest BCUT2D eigenvalue weighted by Gasteiger charge is 2.28. The second-order valence-electron chi connectivity index (χ2n) is 5.04. The van der Waals surface area contributed by atoms with Crippen LogP contribution in [-0.2, 0) is 6.54 Å². The van der Waals surface area contributed by atoms with Gasteiger partial charge in [-0.05, 0) is 19.4 Å². The smallest absolute Gasteiger partial charge is 0.422 e. The number of hydrogen-bond acceptors (Lipinski definition) is 4. The van der Waals surface area contributed by atoms with Crippen LogP contribution >= 0.6 is 0 Å². The highest BCUT2D eigenvalue weighted by molar-refractivity contribution is 5.92. The van der Waals surface area contributed by atoms with Crippen molar-refractivity contribution in [3.8, 4) is 5.88 Å². The van der Waals surface area contributed by atoms with Crippen molar-refractivity contribution in [3.63, 3.8) is 0 Å². The predicted octanol–water partition coefficient (Wildman–Crippen LogP) is 2.35. The van der Waals surface area contributed by atoms with E-state index in [4.69, 9.17) is 0 Å². The van der Waals surface area contributed by atoms with Crippen LogP contribution in [0.4, 0.5) is 13.2 Å². The number of rotatable bonds is 7. The van der Waals surface area contributed by atoms with E-state index < -0.39 is 18.7 Å². The first-order chi connectivity index (χ1) is 11.3. The number of imidazole rings is 1. The van der Waals surface area contributed by atoms with Gasteiger partial charge >= 0.3 is 6.18 Å². The zero-order chi connectivity index (χ0) is 17.6. The summed E-state index contributed by atoms with van der Waals surface area (Å²) in [6, 6.07) is 4.10. The van der Waals surface area contributed by atoms with E-state index in [0.29, 0.717) is 19.5 Å². The maximum absolute atomic E-state index is 12.1. The number of nitrogens with zero attached hydrogens (tertiary/aromatic N) is 3. The molecule has 24 heavy (non-hydrogen) atoms. The number of carbonyl (C=O) groups is 1. The van der Waals surface area contributed by atoms with Gasteiger partial charge < -0.3 is 14.6 Å². The van der Waals surface area contributed by atoms with Crippen LogP contribution in [0, 0.1) is 6.92 Å². The van der Waals surface area contributed by atoms with E-state index in [1.807, 2.05) is 17.7 Å². The number of aromatic nitrogens is 3. The molecule has 2 aromatic rings. The van der Waals surface area contributed by atoms with E-state index in [1.54, 1.807) is 6.20 Å². The topological polar surface area (TPSA) is 69.0 Å². The van der Waals surface area contributed by atoms with Gasteiger partial charge in [0.2, 0.25) is 5.88 Å². The predicted molar refractivity (Wildman–Crippen MR) is 79.7 cm³/mol. The standard InChI is InChI=1S/C15H17F3N4O2/c1-11-19-7-9-22(11)8-3-6-20-14(23)12-4-2-5-13(21-12)24-10-15(16,17)18/h2,4-5,7,9H,3,6,8,10H2,1H3,(H,20,23). The number of halogens is 3. The molecule has 0 unspecified atom stereocenters. The molecule has 0 aliphatic rings. The maximum atomic E-state index is 12.1. The average Bonchev–Trinajstić information content (AvgIpc) is 2.94. The minimum Gasteiger partial charge on any atom is -0.468 e. The lowest BCUT2D eigenvalue weighted by molar-refractivity contribution is -0.154. The van der Waals surface area contributed by atoms with Crippen LogP contribution in [0.3, 0.4) is 0 Å². The molecule has 0 aliphatic carbocycles. The lowest BCUT2D eigenvalue weighted by atomic mass is 10.3. The third-order valence-corrected chi connectivity index (χ3v) is 3.12. The van der Waals surface area contributed by atoms with Crippen molar-refractivity contribution in [3.05, 3.63) is 42.1 Å². The molecule has 2 aromatic heterocycles. The number of ether oxygens (including phenoxy) is 1. The van der Waals surface area contributed by atoms with Crippen molar-refractivity contribution < 1.29 is 22.7 Å². The van der Waals surface area contributed by atoms with Crippen LogP contribution in [-0.4, -0.2) is 39.8 Å². The molecule has 9 heteroatoms. The molecular formula is C15H17F3N4O2. The zero-order valence-electron chi connectivity index (χ0n) is 13.0. The van der Waals surface area contributed by atoms with Gasteiger partial charge in [-0.15, -0.1) is 0 Å². The monoisotopic (exact) mass is 342 g/mol. The number of pyridine rings is 1. The fourth-order valence-electron chi connectivity index (χ4n) is 1.96. The molecule has 0 aliphatic heterocycles. The molecule has 6 nitrogen and oxygen atoms in total. The Morgan fingerprint density at radius 3 is 2.83 bits per heavy atom. The summed E-state index contributed by atoms with van der Waals surface area (Å²) in [5.41, 5.74) is 0.00786. The van der Waals surface area contributed by atoms with Crippen LogP contribution in [0.15, 0.2) is 30.6 Å². The first-order valence-corrected chi connectivity index (χ1v) is 7.28. The van der Waals surface area contributed by atoms with Crippen molar-refractivity contribution in [1.29, 1.82) is 0 Å². The molecule has 0 spiro atoms. The number of carbonyl (C=O) groups excluding carboxylic acids is 1. The summed E-state index contributed by atoms with van der Waals surface area (Å²) >= 11 is 0. The Bertz CT molecular complexity index is 685. The van der Waals surface area contributed by atoms with Crippen LogP contribution < -0.4 is 10.1 Å². The minimum atomic E-state index is -4.45. The molecule has 1 N–H and O–H groups in total. The Kier molecular flexibility index (Phi) is 5.78. The fraction of sp³-hybridized carbons (Fsp3) is 0.400. The van der Waals surface area contributed by atoms with E-state index in [-0.39, 0.29) is 11.6 Å². The second-order valence-corrected chi connectivity index (χ2v) is 5.04. The molecule has 0 bridgehead atoms. The van der Waals surface area contributed by atoms with Gasteiger partial charge in [-0.2, -0.15) is 13.2 Å². The first kappa shape index (κ1) is 17.8. The third kappa shape index (κ3) is 5.56. The van der Waals surface area contributed by atoms with Crippen molar-refractivity contribution in [2.45, 2.75) is 26.1 Å². The average molecular weight is 342 g/mol. The number of alkyl halides is 3. The largest absolute Gasteiger partial charge is 0.468 e. The molecule has 2 heterocycles. The summed E-state index contributed by atoms with van der Waals surface area (Å²) < 4.78 is 42.8. The quantitative estimate of drug-likeness (QED) is 0.784. The summed E-state index contributed by atoms with van der Waals surface area (Å²) in [4.78, 5) is 19.8. The molecule has 0 atom stereocenters. The minimum absolute atomic E-state index is 0.00786. The third-order valence-electron chi connectivity index (χ3n) is 3.12. The first-order valence-electron chi connectivity index (χ1n) is 7.28. The molecular weight excluding hydrogens is 325 g/mol. The van der Waals surface area contributed by atoms with Crippen LogP contribution in [0.25, 0.3) is 0 Å².